The van der Waals surface area contributed by atoms with Crippen LogP contribution in [0, 0.1) is 13.8 Å². The molecule has 1 aliphatic heterocycles. The summed E-state index contributed by atoms with van der Waals surface area (Å²) in [6, 6.07) is 15.3. The van der Waals surface area contributed by atoms with Gasteiger partial charge in [0.2, 0.25) is 0 Å². The molecule has 2 aromatic rings. The molecule has 0 spiro atoms. The molecule has 22 heavy (non-hydrogen) atoms. The first-order chi connectivity index (χ1) is 10.5. The number of hydrogen-bond donors (Lipinski definition) is 1. The zero-order valence-electron chi connectivity index (χ0n) is 13.9. The number of hydrogen-bond acceptors (Lipinski definition) is 2. The summed E-state index contributed by atoms with van der Waals surface area (Å²) in [7, 11) is 0. The lowest BCUT2D eigenvalue weighted by molar-refractivity contribution is 0.0647. The molecule has 0 aromatic heterocycles. The van der Waals surface area contributed by atoms with Gasteiger partial charge in [-0.3, -0.25) is 0 Å². The number of rotatable bonds is 3. The molecule has 0 radical (unpaired) electrons. The van der Waals surface area contributed by atoms with E-state index in [-0.39, 0.29) is 5.60 Å². The van der Waals surface area contributed by atoms with Crippen LogP contribution in [-0.2, 0) is 6.54 Å². The Balaban J connectivity index is 1.87. The molecule has 0 amide bonds. The van der Waals surface area contributed by atoms with E-state index in [0.29, 0.717) is 6.04 Å². The van der Waals surface area contributed by atoms with Crippen molar-refractivity contribution in [2.45, 2.75) is 52.3 Å². The van der Waals surface area contributed by atoms with Gasteiger partial charge in [-0.25, -0.2) is 0 Å². The highest BCUT2D eigenvalue weighted by Gasteiger charge is 2.34. The van der Waals surface area contributed by atoms with E-state index in [0.717, 1.165) is 18.7 Å². The van der Waals surface area contributed by atoms with Gasteiger partial charge >= 0.3 is 0 Å². The third-order valence-corrected chi connectivity index (χ3v) is 4.55. The van der Waals surface area contributed by atoms with E-state index in [1.165, 1.54) is 22.3 Å². The van der Waals surface area contributed by atoms with Crippen LogP contribution in [0.2, 0.25) is 0 Å². The Bertz CT molecular complexity index is 661. The molecule has 1 heterocycles. The normalized spacial score (nSPS) is 19.4. The first-order valence-corrected chi connectivity index (χ1v) is 8.03. The van der Waals surface area contributed by atoms with Crippen LogP contribution in [0.3, 0.4) is 0 Å². The Morgan fingerprint density at radius 1 is 1.09 bits per heavy atom. The number of fused-ring (bicyclic) bond motifs is 1. The van der Waals surface area contributed by atoms with Gasteiger partial charge in [-0.2, -0.15) is 0 Å². The van der Waals surface area contributed by atoms with Crippen molar-refractivity contribution in [3.05, 3.63) is 64.7 Å². The van der Waals surface area contributed by atoms with Gasteiger partial charge in [0.1, 0.15) is 11.4 Å². The lowest BCUT2D eigenvalue weighted by atomic mass is 9.87. The third-order valence-electron chi connectivity index (χ3n) is 4.55. The van der Waals surface area contributed by atoms with Crippen LogP contribution in [0.4, 0.5) is 0 Å². The summed E-state index contributed by atoms with van der Waals surface area (Å²) in [6.45, 7) is 9.54. The second-order valence-electron chi connectivity index (χ2n) is 6.91. The maximum absolute atomic E-state index is 6.27. The second kappa shape index (κ2) is 5.77. The van der Waals surface area contributed by atoms with Crippen molar-refractivity contribution in [3.8, 4) is 5.75 Å². The van der Waals surface area contributed by atoms with Gasteiger partial charge in [0.05, 0.1) is 0 Å². The van der Waals surface area contributed by atoms with E-state index in [1.807, 2.05) is 0 Å². The van der Waals surface area contributed by atoms with Gasteiger partial charge in [0.15, 0.2) is 0 Å². The van der Waals surface area contributed by atoms with Crippen LogP contribution in [-0.4, -0.2) is 5.60 Å². The SMILES string of the molecule is Cc1ccc2c(c1C)OC(C)(C)CC2NCc1ccccc1. The van der Waals surface area contributed by atoms with Crippen molar-refractivity contribution in [2.24, 2.45) is 0 Å². The van der Waals surface area contributed by atoms with Gasteiger partial charge in [0, 0.05) is 24.6 Å². The fraction of sp³-hybridized carbons (Fsp3) is 0.400. The molecule has 1 unspecified atom stereocenters. The van der Waals surface area contributed by atoms with Crippen molar-refractivity contribution in [1.82, 2.24) is 5.32 Å². The van der Waals surface area contributed by atoms with E-state index in [4.69, 9.17) is 4.74 Å². The van der Waals surface area contributed by atoms with Gasteiger partial charge < -0.3 is 10.1 Å². The smallest absolute Gasteiger partial charge is 0.128 e. The predicted molar refractivity (Wildman–Crippen MR) is 91.3 cm³/mol. The molecule has 2 heteroatoms. The topological polar surface area (TPSA) is 21.3 Å². The molecule has 2 aromatic carbocycles. The zero-order chi connectivity index (χ0) is 15.7. The highest BCUT2D eigenvalue weighted by molar-refractivity contribution is 5.48. The summed E-state index contributed by atoms with van der Waals surface area (Å²) in [4.78, 5) is 0. The highest BCUT2D eigenvalue weighted by Crippen LogP contribution is 2.42. The van der Waals surface area contributed by atoms with Gasteiger partial charge in [0.25, 0.3) is 0 Å². The number of aryl methyl sites for hydroxylation is 1. The van der Waals surface area contributed by atoms with E-state index in [9.17, 15) is 0 Å². The maximum atomic E-state index is 6.27. The predicted octanol–water partition coefficient (Wildman–Crippen LogP) is 4.70. The van der Waals surface area contributed by atoms with Crippen LogP contribution in [0.1, 0.15) is 48.6 Å². The highest BCUT2D eigenvalue weighted by atomic mass is 16.5. The number of nitrogens with one attached hydrogen (secondary N) is 1. The van der Waals surface area contributed by atoms with E-state index >= 15 is 0 Å². The lowest BCUT2D eigenvalue weighted by Crippen LogP contribution is -2.39. The molecule has 116 valence electrons. The minimum atomic E-state index is -0.139. The van der Waals surface area contributed by atoms with Crippen LogP contribution < -0.4 is 10.1 Å². The van der Waals surface area contributed by atoms with Crippen molar-refractivity contribution in [3.63, 3.8) is 0 Å². The average Bonchev–Trinajstić information content (AvgIpc) is 2.49. The number of ether oxygens (including phenoxy) is 1. The summed E-state index contributed by atoms with van der Waals surface area (Å²) >= 11 is 0. The molecule has 1 N–H and O–H groups in total. The monoisotopic (exact) mass is 295 g/mol. The quantitative estimate of drug-likeness (QED) is 0.886. The summed E-state index contributed by atoms with van der Waals surface area (Å²) < 4.78 is 6.27. The van der Waals surface area contributed by atoms with Gasteiger partial charge in [-0.05, 0) is 44.4 Å². The zero-order valence-corrected chi connectivity index (χ0v) is 13.9. The Kier molecular flexibility index (Phi) is 3.96. The Labute approximate surface area is 133 Å². The summed E-state index contributed by atoms with van der Waals surface area (Å²) in [5.74, 6) is 1.07. The third kappa shape index (κ3) is 3.02. The minimum Gasteiger partial charge on any atom is -0.487 e. The fourth-order valence-corrected chi connectivity index (χ4v) is 3.16. The van der Waals surface area contributed by atoms with E-state index in [1.54, 1.807) is 0 Å². The fourth-order valence-electron chi connectivity index (χ4n) is 3.16. The maximum Gasteiger partial charge on any atom is 0.128 e. The molecule has 1 atom stereocenters. The molecule has 1 aliphatic rings. The number of benzene rings is 2. The summed E-state index contributed by atoms with van der Waals surface area (Å²) in [5, 5.41) is 3.72. The van der Waals surface area contributed by atoms with Crippen LogP contribution >= 0.6 is 0 Å². The molecule has 0 saturated carbocycles. The molecular formula is C20H25NO. The van der Waals surface area contributed by atoms with Crippen molar-refractivity contribution >= 4 is 0 Å². The largest absolute Gasteiger partial charge is 0.487 e. The van der Waals surface area contributed by atoms with Crippen molar-refractivity contribution < 1.29 is 4.74 Å². The minimum absolute atomic E-state index is 0.139. The van der Waals surface area contributed by atoms with E-state index < -0.39 is 0 Å². The lowest BCUT2D eigenvalue weighted by Gasteiger charge is -2.39. The molecule has 0 aliphatic carbocycles. The van der Waals surface area contributed by atoms with Gasteiger partial charge in [-0.1, -0.05) is 42.5 Å². The first-order valence-electron chi connectivity index (χ1n) is 8.03. The van der Waals surface area contributed by atoms with Gasteiger partial charge in [-0.15, -0.1) is 0 Å². The molecule has 0 bridgehead atoms. The molecule has 2 nitrogen and oxygen atoms in total. The van der Waals surface area contributed by atoms with Crippen molar-refractivity contribution in [1.29, 1.82) is 0 Å². The Morgan fingerprint density at radius 3 is 2.55 bits per heavy atom. The first kappa shape index (κ1) is 15.1. The Hall–Kier alpha value is -1.80. The van der Waals surface area contributed by atoms with E-state index in [2.05, 4.69) is 75.5 Å². The molecule has 0 saturated heterocycles. The standard InChI is InChI=1S/C20H25NO/c1-14-10-11-17-18(21-13-16-8-6-5-7-9-16)12-20(3,4)22-19(17)15(14)2/h5-11,18,21H,12-13H2,1-4H3. The van der Waals surface area contributed by atoms with Crippen LogP contribution in [0.5, 0.6) is 5.75 Å². The second-order valence-corrected chi connectivity index (χ2v) is 6.91. The van der Waals surface area contributed by atoms with Crippen LogP contribution in [0.25, 0.3) is 0 Å². The summed E-state index contributed by atoms with van der Waals surface area (Å²) in [5.41, 5.74) is 5.02. The van der Waals surface area contributed by atoms with Crippen LogP contribution in [0.15, 0.2) is 42.5 Å². The Morgan fingerprint density at radius 2 is 1.82 bits per heavy atom. The molecule has 3 rings (SSSR count). The summed E-state index contributed by atoms with van der Waals surface area (Å²) in [6.07, 6.45) is 0.981. The van der Waals surface area contributed by atoms with Crippen molar-refractivity contribution in [2.75, 3.05) is 0 Å². The average molecular weight is 295 g/mol. The molecular weight excluding hydrogens is 270 g/mol. The molecule has 0 fully saturated rings.